The van der Waals surface area contributed by atoms with Gasteiger partial charge in [-0.25, -0.2) is 15.8 Å². The number of aryl methyl sites for hydroxylation is 1. The topological polar surface area (TPSA) is 80.9 Å². The number of nitrogens with one attached hydrogen (secondary N) is 1. The summed E-state index contributed by atoms with van der Waals surface area (Å²) in [4.78, 5) is 19.5. The molecular weight excluding hydrogens is 180 g/mol. The SMILES string of the molecule is Cc1nc(C(C)C)ncc1C(=O)NN. The first kappa shape index (κ1) is 10.6. The fraction of sp³-hybridized carbons (Fsp3) is 0.444. The zero-order valence-electron chi connectivity index (χ0n) is 8.53. The molecule has 0 atom stereocenters. The zero-order valence-corrected chi connectivity index (χ0v) is 8.53. The molecule has 0 aromatic carbocycles. The Morgan fingerprint density at radius 2 is 2.21 bits per heavy atom. The molecular formula is C9H14N4O. The second-order valence-electron chi connectivity index (χ2n) is 3.36. The highest BCUT2D eigenvalue weighted by molar-refractivity contribution is 5.94. The third-order valence-corrected chi connectivity index (χ3v) is 1.89. The van der Waals surface area contributed by atoms with Gasteiger partial charge in [-0.2, -0.15) is 0 Å². The minimum atomic E-state index is -0.363. The monoisotopic (exact) mass is 194 g/mol. The molecule has 76 valence electrons. The largest absolute Gasteiger partial charge is 0.290 e. The first-order valence-electron chi connectivity index (χ1n) is 4.40. The molecule has 0 spiro atoms. The normalized spacial score (nSPS) is 10.4. The predicted octanol–water partition coefficient (Wildman–Crippen LogP) is 0.512. The van der Waals surface area contributed by atoms with E-state index in [9.17, 15) is 4.79 Å². The second-order valence-corrected chi connectivity index (χ2v) is 3.36. The lowest BCUT2D eigenvalue weighted by Crippen LogP contribution is -2.31. The number of rotatable bonds is 2. The van der Waals surface area contributed by atoms with Crippen molar-refractivity contribution in [1.29, 1.82) is 0 Å². The molecule has 0 saturated heterocycles. The molecule has 0 saturated carbocycles. The fourth-order valence-corrected chi connectivity index (χ4v) is 1.06. The van der Waals surface area contributed by atoms with Crippen LogP contribution in [0.2, 0.25) is 0 Å². The number of aromatic nitrogens is 2. The Kier molecular flexibility index (Phi) is 3.14. The highest BCUT2D eigenvalue weighted by Crippen LogP contribution is 2.10. The van der Waals surface area contributed by atoms with Gasteiger partial charge in [-0.05, 0) is 6.92 Å². The van der Waals surface area contributed by atoms with E-state index in [1.54, 1.807) is 6.92 Å². The van der Waals surface area contributed by atoms with Crippen molar-refractivity contribution in [1.82, 2.24) is 15.4 Å². The summed E-state index contributed by atoms with van der Waals surface area (Å²) in [5.41, 5.74) is 3.11. The molecule has 0 fully saturated rings. The summed E-state index contributed by atoms with van der Waals surface area (Å²) in [5, 5.41) is 0. The van der Waals surface area contributed by atoms with Crippen molar-refractivity contribution >= 4 is 5.91 Å². The lowest BCUT2D eigenvalue weighted by atomic mass is 10.2. The van der Waals surface area contributed by atoms with E-state index in [1.165, 1.54) is 6.20 Å². The van der Waals surface area contributed by atoms with Crippen LogP contribution in [-0.2, 0) is 0 Å². The molecule has 0 radical (unpaired) electrons. The van der Waals surface area contributed by atoms with Gasteiger partial charge in [0, 0.05) is 12.1 Å². The Balaban J connectivity index is 3.07. The maximum absolute atomic E-state index is 11.2. The number of hydrogen-bond donors (Lipinski definition) is 2. The molecule has 5 heteroatoms. The number of carbonyl (C=O) groups excluding carboxylic acids is 1. The van der Waals surface area contributed by atoms with E-state index in [2.05, 4.69) is 15.4 Å². The van der Waals surface area contributed by atoms with Crippen molar-refractivity contribution in [3.8, 4) is 0 Å². The van der Waals surface area contributed by atoms with Crippen LogP contribution in [0, 0.1) is 6.92 Å². The van der Waals surface area contributed by atoms with Crippen LogP contribution in [0.3, 0.4) is 0 Å². The number of nitrogen functional groups attached to an aromatic ring is 1. The van der Waals surface area contributed by atoms with Crippen molar-refractivity contribution in [3.63, 3.8) is 0 Å². The van der Waals surface area contributed by atoms with Crippen molar-refractivity contribution in [2.24, 2.45) is 5.84 Å². The van der Waals surface area contributed by atoms with Gasteiger partial charge in [0.15, 0.2) is 0 Å². The average Bonchev–Trinajstić information content (AvgIpc) is 2.16. The Bertz CT molecular complexity index is 349. The Labute approximate surface area is 82.7 Å². The summed E-state index contributed by atoms with van der Waals surface area (Å²) >= 11 is 0. The average molecular weight is 194 g/mol. The van der Waals surface area contributed by atoms with Crippen LogP contribution >= 0.6 is 0 Å². The lowest BCUT2D eigenvalue weighted by Gasteiger charge is -2.07. The van der Waals surface area contributed by atoms with Crippen LogP contribution in [-0.4, -0.2) is 15.9 Å². The number of carbonyl (C=O) groups is 1. The van der Waals surface area contributed by atoms with Crippen molar-refractivity contribution in [2.75, 3.05) is 0 Å². The van der Waals surface area contributed by atoms with Crippen LogP contribution in [0.25, 0.3) is 0 Å². The summed E-state index contributed by atoms with van der Waals surface area (Å²) in [5.74, 6) is 5.64. The first-order valence-corrected chi connectivity index (χ1v) is 4.40. The smallest absolute Gasteiger partial charge is 0.268 e. The van der Waals surface area contributed by atoms with Gasteiger partial charge in [-0.15, -0.1) is 0 Å². The number of nitrogens with two attached hydrogens (primary N) is 1. The van der Waals surface area contributed by atoms with E-state index in [0.717, 1.165) is 5.82 Å². The van der Waals surface area contributed by atoms with Crippen LogP contribution in [0.1, 0.15) is 41.6 Å². The van der Waals surface area contributed by atoms with Gasteiger partial charge in [0.05, 0.1) is 11.3 Å². The summed E-state index contributed by atoms with van der Waals surface area (Å²) in [6.45, 7) is 5.76. The number of hydrogen-bond acceptors (Lipinski definition) is 4. The molecule has 0 aliphatic rings. The van der Waals surface area contributed by atoms with Crippen LogP contribution in [0.15, 0.2) is 6.20 Å². The number of nitrogens with zero attached hydrogens (tertiary/aromatic N) is 2. The molecule has 0 bridgehead atoms. The van der Waals surface area contributed by atoms with Crippen molar-refractivity contribution in [2.45, 2.75) is 26.7 Å². The van der Waals surface area contributed by atoms with E-state index < -0.39 is 0 Å². The second kappa shape index (κ2) is 4.15. The van der Waals surface area contributed by atoms with Gasteiger partial charge in [0.1, 0.15) is 5.82 Å². The summed E-state index contributed by atoms with van der Waals surface area (Å²) in [6.07, 6.45) is 1.50. The Hall–Kier alpha value is -1.49. The van der Waals surface area contributed by atoms with E-state index in [-0.39, 0.29) is 11.8 Å². The molecule has 5 nitrogen and oxygen atoms in total. The molecule has 14 heavy (non-hydrogen) atoms. The zero-order chi connectivity index (χ0) is 10.7. The van der Waals surface area contributed by atoms with Crippen LogP contribution in [0.5, 0.6) is 0 Å². The highest BCUT2D eigenvalue weighted by Gasteiger charge is 2.11. The van der Waals surface area contributed by atoms with E-state index in [4.69, 9.17) is 5.84 Å². The third kappa shape index (κ3) is 2.05. The summed E-state index contributed by atoms with van der Waals surface area (Å²) < 4.78 is 0. The summed E-state index contributed by atoms with van der Waals surface area (Å²) in [7, 11) is 0. The number of amides is 1. The quantitative estimate of drug-likeness (QED) is 0.408. The van der Waals surface area contributed by atoms with E-state index in [1.807, 2.05) is 13.8 Å². The van der Waals surface area contributed by atoms with Gasteiger partial charge in [-0.3, -0.25) is 10.2 Å². The van der Waals surface area contributed by atoms with Gasteiger partial charge in [0.25, 0.3) is 5.91 Å². The Morgan fingerprint density at radius 3 is 2.64 bits per heavy atom. The van der Waals surface area contributed by atoms with Crippen molar-refractivity contribution < 1.29 is 4.79 Å². The molecule has 1 amide bonds. The molecule has 0 aliphatic heterocycles. The molecule has 0 aliphatic carbocycles. The predicted molar refractivity (Wildman–Crippen MR) is 52.5 cm³/mol. The van der Waals surface area contributed by atoms with E-state index in [0.29, 0.717) is 11.3 Å². The molecule has 3 N–H and O–H groups in total. The van der Waals surface area contributed by atoms with Crippen LogP contribution in [0.4, 0.5) is 0 Å². The van der Waals surface area contributed by atoms with Gasteiger partial charge < -0.3 is 0 Å². The number of hydrazine groups is 1. The Morgan fingerprint density at radius 1 is 1.57 bits per heavy atom. The summed E-state index contributed by atoms with van der Waals surface area (Å²) in [6, 6.07) is 0. The molecule has 1 rings (SSSR count). The van der Waals surface area contributed by atoms with E-state index >= 15 is 0 Å². The molecule has 0 unspecified atom stereocenters. The molecule has 1 aromatic rings. The lowest BCUT2D eigenvalue weighted by molar-refractivity contribution is 0.0952. The van der Waals surface area contributed by atoms with Gasteiger partial charge in [-0.1, -0.05) is 13.8 Å². The highest BCUT2D eigenvalue weighted by atomic mass is 16.2. The van der Waals surface area contributed by atoms with Gasteiger partial charge >= 0.3 is 0 Å². The minimum Gasteiger partial charge on any atom is -0.290 e. The minimum absolute atomic E-state index is 0.253. The maximum Gasteiger partial charge on any atom is 0.268 e. The first-order chi connectivity index (χ1) is 6.56. The fourth-order valence-electron chi connectivity index (χ4n) is 1.06. The third-order valence-electron chi connectivity index (χ3n) is 1.89. The molecule has 1 heterocycles. The maximum atomic E-state index is 11.2. The molecule has 1 aromatic heterocycles. The van der Waals surface area contributed by atoms with Gasteiger partial charge in [0.2, 0.25) is 0 Å². The van der Waals surface area contributed by atoms with Crippen molar-refractivity contribution in [3.05, 3.63) is 23.3 Å². The van der Waals surface area contributed by atoms with Crippen LogP contribution < -0.4 is 11.3 Å². The standard InChI is InChI=1S/C9H14N4O/c1-5(2)8-11-4-7(6(3)12-8)9(14)13-10/h4-5H,10H2,1-3H3,(H,13,14).